The molecule has 5 nitrogen and oxygen atoms in total. The first-order chi connectivity index (χ1) is 9.78. The van der Waals surface area contributed by atoms with E-state index >= 15 is 0 Å². The quantitative estimate of drug-likeness (QED) is 0.654. The van der Waals surface area contributed by atoms with Crippen LogP contribution >= 0.6 is 0 Å². The number of nitrogen functional groups attached to an aromatic ring is 1. The fourth-order valence-corrected chi connectivity index (χ4v) is 2.45. The average Bonchev–Trinajstić information content (AvgIpc) is 2.51. The number of nitrogens with zero attached hydrogens (tertiary/aromatic N) is 2. The van der Waals surface area contributed by atoms with Gasteiger partial charge in [-0.25, -0.2) is 10.8 Å². The third kappa shape index (κ3) is 2.35. The number of hydrogen-bond donors (Lipinski definition) is 2. The second-order valence-corrected chi connectivity index (χ2v) is 4.83. The average molecular weight is 268 g/mol. The fraction of sp³-hybridized carbons (Fsp3) is 0.200. The van der Waals surface area contributed by atoms with Gasteiger partial charge < -0.3 is 10.3 Å². The second kappa shape index (κ2) is 5.30. The summed E-state index contributed by atoms with van der Waals surface area (Å²) in [5.74, 6) is 5.99. The van der Waals surface area contributed by atoms with E-state index < -0.39 is 0 Å². The molecule has 1 aromatic heterocycles. The minimum Gasteiger partial charge on any atom is -0.334 e. The number of benzene rings is 1. The summed E-state index contributed by atoms with van der Waals surface area (Å²) in [4.78, 5) is 18.4. The van der Waals surface area contributed by atoms with Crippen LogP contribution in [0.4, 0.5) is 5.82 Å². The summed E-state index contributed by atoms with van der Waals surface area (Å²) in [7, 11) is 0. The number of aromatic nitrogens is 1. The Balaban J connectivity index is 1.77. The Kier molecular flexibility index (Phi) is 3.35. The number of nitrogens with two attached hydrogens (primary N) is 1. The standard InChI is InChI=1S/C15H16N4O/c16-18-14-6-5-11(9-17-14)10-19-8-7-12-3-1-2-4-13(12)15(19)20/h1-6,9H,7-8,10,16H2,(H,17,18). The van der Waals surface area contributed by atoms with Crippen LogP contribution in [0.5, 0.6) is 0 Å². The monoisotopic (exact) mass is 268 g/mol. The van der Waals surface area contributed by atoms with Gasteiger partial charge in [-0.2, -0.15) is 0 Å². The molecule has 0 saturated heterocycles. The Labute approximate surface area is 117 Å². The van der Waals surface area contributed by atoms with E-state index in [9.17, 15) is 4.79 Å². The van der Waals surface area contributed by atoms with Crippen molar-refractivity contribution in [2.75, 3.05) is 12.0 Å². The van der Waals surface area contributed by atoms with Gasteiger partial charge in [-0.05, 0) is 29.7 Å². The van der Waals surface area contributed by atoms with Gasteiger partial charge >= 0.3 is 0 Å². The third-order valence-electron chi connectivity index (χ3n) is 3.53. The summed E-state index contributed by atoms with van der Waals surface area (Å²) < 4.78 is 0. The Bertz CT molecular complexity index is 624. The van der Waals surface area contributed by atoms with Gasteiger partial charge in [-0.1, -0.05) is 24.3 Å². The molecule has 20 heavy (non-hydrogen) atoms. The molecule has 0 fully saturated rings. The van der Waals surface area contributed by atoms with Gasteiger partial charge in [-0.3, -0.25) is 4.79 Å². The predicted molar refractivity (Wildman–Crippen MR) is 76.9 cm³/mol. The number of nitrogens with one attached hydrogen (secondary N) is 1. The lowest BCUT2D eigenvalue weighted by molar-refractivity contribution is 0.0727. The first-order valence-electron chi connectivity index (χ1n) is 6.56. The molecule has 0 unspecified atom stereocenters. The highest BCUT2D eigenvalue weighted by Gasteiger charge is 2.23. The molecular formula is C15H16N4O. The largest absolute Gasteiger partial charge is 0.334 e. The van der Waals surface area contributed by atoms with Crippen molar-refractivity contribution < 1.29 is 4.79 Å². The minimum atomic E-state index is 0.0906. The molecule has 0 aliphatic carbocycles. The summed E-state index contributed by atoms with van der Waals surface area (Å²) in [5, 5.41) is 0. The SMILES string of the molecule is NNc1ccc(CN2CCc3ccccc3C2=O)cn1. The molecule has 0 saturated carbocycles. The van der Waals surface area contributed by atoms with Crippen LogP contribution in [0.2, 0.25) is 0 Å². The lowest BCUT2D eigenvalue weighted by Gasteiger charge is -2.28. The molecule has 0 bridgehead atoms. The summed E-state index contributed by atoms with van der Waals surface area (Å²) >= 11 is 0. The van der Waals surface area contributed by atoms with Crippen molar-refractivity contribution in [1.82, 2.24) is 9.88 Å². The molecule has 3 rings (SSSR count). The van der Waals surface area contributed by atoms with E-state index in [1.807, 2.05) is 35.2 Å². The van der Waals surface area contributed by atoms with Crippen molar-refractivity contribution in [3.8, 4) is 0 Å². The molecule has 1 amide bonds. The molecule has 2 heterocycles. The lowest BCUT2D eigenvalue weighted by atomic mass is 9.99. The van der Waals surface area contributed by atoms with Crippen LogP contribution < -0.4 is 11.3 Å². The zero-order chi connectivity index (χ0) is 13.9. The van der Waals surface area contributed by atoms with Crippen molar-refractivity contribution in [2.45, 2.75) is 13.0 Å². The molecule has 1 aliphatic heterocycles. The maximum Gasteiger partial charge on any atom is 0.254 e. The second-order valence-electron chi connectivity index (χ2n) is 4.83. The minimum absolute atomic E-state index is 0.0906. The van der Waals surface area contributed by atoms with Crippen LogP contribution in [-0.4, -0.2) is 22.3 Å². The number of hydrogen-bond acceptors (Lipinski definition) is 4. The van der Waals surface area contributed by atoms with Crippen molar-refractivity contribution in [2.24, 2.45) is 5.84 Å². The number of pyridine rings is 1. The van der Waals surface area contributed by atoms with Gasteiger partial charge in [0.1, 0.15) is 5.82 Å². The smallest absolute Gasteiger partial charge is 0.254 e. The number of amides is 1. The number of fused-ring (bicyclic) bond motifs is 1. The van der Waals surface area contributed by atoms with E-state index in [0.29, 0.717) is 12.4 Å². The van der Waals surface area contributed by atoms with Gasteiger partial charge in [0.25, 0.3) is 5.91 Å². The predicted octanol–water partition coefficient (Wildman–Crippen LogP) is 1.57. The van der Waals surface area contributed by atoms with E-state index in [1.165, 1.54) is 0 Å². The summed E-state index contributed by atoms with van der Waals surface area (Å²) in [6.07, 6.45) is 2.64. The summed E-state index contributed by atoms with van der Waals surface area (Å²) in [6, 6.07) is 11.5. The van der Waals surface area contributed by atoms with E-state index in [0.717, 1.165) is 29.7 Å². The molecule has 1 aliphatic rings. The van der Waals surface area contributed by atoms with Crippen LogP contribution in [0, 0.1) is 0 Å². The van der Waals surface area contributed by atoms with Gasteiger partial charge in [0.2, 0.25) is 0 Å². The van der Waals surface area contributed by atoms with Crippen LogP contribution in [0.3, 0.4) is 0 Å². The Hall–Kier alpha value is -2.40. The molecule has 0 atom stereocenters. The lowest BCUT2D eigenvalue weighted by Crippen LogP contribution is -2.37. The molecule has 2 aromatic rings. The summed E-state index contributed by atoms with van der Waals surface area (Å²) in [6.45, 7) is 1.32. The zero-order valence-corrected chi connectivity index (χ0v) is 11.0. The first kappa shape index (κ1) is 12.6. The van der Waals surface area contributed by atoms with Crippen molar-refractivity contribution >= 4 is 11.7 Å². The van der Waals surface area contributed by atoms with E-state index in [1.54, 1.807) is 12.3 Å². The number of carbonyl (C=O) groups excluding carboxylic acids is 1. The third-order valence-corrected chi connectivity index (χ3v) is 3.53. The van der Waals surface area contributed by atoms with Crippen molar-refractivity contribution in [3.63, 3.8) is 0 Å². The number of rotatable bonds is 3. The zero-order valence-electron chi connectivity index (χ0n) is 11.0. The Morgan fingerprint density at radius 1 is 1.25 bits per heavy atom. The van der Waals surface area contributed by atoms with Crippen molar-refractivity contribution in [3.05, 3.63) is 59.3 Å². The van der Waals surface area contributed by atoms with Crippen molar-refractivity contribution in [1.29, 1.82) is 0 Å². The van der Waals surface area contributed by atoms with E-state index in [2.05, 4.69) is 10.4 Å². The topological polar surface area (TPSA) is 71.2 Å². The first-order valence-corrected chi connectivity index (χ1v) is 6.56. The molecule has 1 aromatic carbocycles. The molecule has 102 valence electrons. The normalized spacial score (nSPS) is 14.1. The maximum absolute atomic E-state index is 12.4. The van der Waals surface area contributed by atoms with E-state index in [-0.39, 0.29) is 5.91 Å². The van der Waals surface area contributed by atoms with Crippen LogP contribution in [0.25, 0.3) is 0 Å². The highest BCUT2D eigenvalue weighted by Crippen LogP contribution is 2.20. The number of anilines is 1. The molecular weight excluding hydrogens is 252 g/mol. The maximum atomic E-state index is 12.4. The number of hydrazine groups is 1. The molecule has 0 spiro atoms. The fourth-order valence-electron chi connectivity index (χ4n) is 2.45. The molecule has 5 heteroatoms. The Morgan fingerprint density at radius 3 is 2.85 bits per heavy atom. The highest BCUT2D eigenvalue weighted by atomic mass is 16.2. The van der Waals surface area contributed by atoms with Gasteiger partial charge in [-0.15, -0.1) is 0 Å². The van der Waals surface area contributed by atoms with E-state index in [4.69, 9.17) is 5.84 Å². The van der Waals surface area contributed by atoms with Gasteiger partial charge in [0, 0.05) is 24.8 Å². The van der Waals surface area contributed by atoms with Gasteiger partial charge in [0.05, 0.1) is 0 Å². The van der Waals surface area contributed by atoms with Crippen LogP contribution in [-0.2, 0) is 13.0 Å². The van der Waals surface area contributed by atoms with Crippen LogP contribution in [0.1, 0.15) is 21.5 Å². The molecule has 0 radical (unpaired) electrons. The summed E-state index contributed by atoms with van der Waals surface area (Å²) in [5.41, 5.74) is 5.43. The molecule has 3 N–H and O–H groups in total. The van der Waals surface area contributed by atoms with Crippen LogP contribution in [0.15, 0.2) is 42.6 Å². The number of carbonyl (C=O) groups is 1. The Morgan fingerprint density at radius 2 is 2.10 bits per heavy atom. The highest BCUT2D eigenvalue weighted by molar-refractivity contribution is 5.96. The van der Waals surface area contributed by atoms with Gasteiger partial charge in [0.15, 0.2) is 0 Å².